The molecule has 88 valence electrons. The zero-order chi connectivity index (χ0) is 11.5. The van der Waals surface area contributed by atoms with Gasteiger partial charge in [-0.3, -0.25) is 4.79 Å². The van der Waals surface area contributed by atoms with Gasteiger partial charge in [-0.2, -0.15) is 11.8 Å². The third-order valence-electron chi connectivity index (χ3n) is 2.79. The molecule has 1 aromatic heterocycles. The van der Waals surface area contributed by atoms with Crippen molar-refractivity contribution in [3.63, 3.8) is 0 Å². The van der Waals surface area contributed by atoms with E-state index >= 15 is 0 Å². The molecule has 0 bridgehead atoms. The first-order valence-electron chi connectivity index (χ1n) is 5.53. The van der Waals surface area contributed by atoms with Crippen molar-refractivity contribution < 1.29 is 4.79 Å². The molecule has 1 atom stereocenters. The first-order chi connectivity index (χ1) is 7.74. The Balaban J connectivity index is 2.13. The first kappa shape index (κ1) is 11.9. The Morgan fingerprint density at radius 1 is 1.62 bits per heavy atom. The van der Waals surface area contributed by atoms with Crippen LogP contribution < -0.4 is 4.90 Å². The number of thiazole rings is 1. The van der Waals surface area contributed by atoms with E-state index in [1.165, 1.54) is 17.8 Å². The minimum atomic E-state index is 0.706. The maximum atomic E-state index is 10.8. The molecule has 0 aliphatic carbocycles. The van der Waals surface area contributed by atoms with Gasteiger partial charge in [0.15, 0.2) is 11.4 Å². The Bertz CT molecular complexity index is 378. The van der Waals surface area contributed by atoms with Crippen LogP contribution in [0, 0.1) is 6.92 Å². The number of rotatable bonds is 3. The van der Waals surface area contributed by atoms with Gasteiger partial charge in [-0.05, 0) is 13.3 Å². The molecule has 2 heterocycles. The molecule has 1 saturated heterocycles. The fourth-order valence-corrected chi connectivity index (χ4v) is 3.87. The fraction of sp³-hybridized carbons (Fsp3) is 0.636. The highest BCUT2D eigenvalue weighted by molar-refractivity contribution is 8.00. The third-order valence-corrected chi connectivity index (χ3v) is 5.31. The SMILES string of the molecule is CCC1CN(c2nc(C)c(C=O)s2)CCS1. The molecule has 0 saturated carbocycles. The van der Waals surface area contributed by atoms with Crippen LogP contribution in [-0.4, -0.2) is 35.4 Å². The van der Waals surface area contributed by atoms with Crippen LogP contribution in [0.2, 0.25) is 0 Å². The van der Waals surface area contributed by atoms with Gasteiger partial charge in [0.05, 0.1) is 10.6 Å². The number of hydrogen-bond donors (Lipinski definition) is 0. The van der Waals surface area contributed by atoms with Gasteiger partial charge in [-0.25, -0.2) is 4.98 Å². The van der Waals surface area contributed by atoms with Crippen molar-refractivity contribution in [2.45, 2.75) is 25.5 Å². The lowest BCUT2D eigenvalue weighted by Gasteiger charge is -2.31. The van der Waals surface area contributed by atoms with Gasteiger partial charge in [0, 0.05) is 24.1 Å². The number of aldehydes is 1. The maximum absolute atomic E-state index is 10.8. The molecule has 0 N–H and O–H groups in total. The standard InChI is InChI=1S/C11H16N2OS2/c1-3-9-6-13(4-5-15-9)11-12-8(2)10(7-14)16-11/h7,9H,3-6H2,1-2H3. The second-order valence-electron chi connectivity index (χ2n) is 3.91. The highest BCUT2D eigenvalue weighted by Crippen LogP contribution is 2.29. The number of anilines is 1. The summed E-state index contributed by atoms with van der Waals surface area (Å²) in [6.45, 7) is 6.24. The van der Waals surface area contributed by atoms with Crippen LogP contribution in [0.1, 0.15) is 28.7 Å². The van der Waals surface area contributed by atoms with Gasteiger partial charge in [0.2, 0.25) is 0 Å². The largest absolute Gasteiger partial charge is 0.346 e. The lowest BCUT2D eigenvalue weighted by Crippen LogP contribution is -2.37. The Hall–Kier alpha value is -0.550. The molecule has 0 aromatic carbocycles. The second-order valence-corrected chi connectivity index (χ2v) is 6.33. The molecule has 0 spiro atoms. The van der Waals surface area contributed by atoms with E-state index in [1.807, 2.05) is 18.7 Å². The maximum Gasteiger partial charge on any atom is 0.186 e. The number of hydrogen-bond acceptors (Lipinski definition) is 5. The fourth-order valence-electron chi connectivity index (χ4n) is 1.78. The van der Waals surface area contributed by atoms with Crippen molar-refractivity contribution in [1.82, 2.24) is 4.98 Å². The summed E-state index contributed by atoms with van der Waals surface area (Å²) in [7, 11) is 0. The Morgan fingerprint density at radius 3 is 3.06 bits per heavy atom. The van der Waals surface area contributed by atoms with Gasteiger partial charge >= 0.3 is 0 Å². The molecule has 0 amide bonds. The highest BCUT2D eigenvalue weighted by atomic mass is 32.2. The summed E-state index contributed by atoms with van der Waals surface area (Å²) in [4.78, 5) is 18.3. The van der Waals surface area contributed by atoms with Crippen LogP contribution >= 0.6 is 23.1 Å². The first-order valence-corrected chi connectivity index (χ1v) is 7.40. The normalized spacial score (nSPS) is 21.1. The molecule has 3 nitrogen and oxygen atoms in total. The van der Waals surface area contributed by atoms with E-state index in [9.17, 15) is 4.79 Å². The summed E-state index contributed by atoms with van der Waals surface area (Å²) in [5, 5.41) is 1.72. The quantitative estimate of drug-likeness (QED) is 0.778. The predicted molar refractivity (Wildman–Crippen MR) is 71.0 cm³/mol. The van der Waals surface area contributed by atoms with Crippen molar-refractivity contribution in [3.05, 3.63) is 10.6 Å². The zero-order valence-electron chi connectivity index (χ0n) is 9.60. The predicted octanol–water partition coefficient (Wildman–Crippen LogP) is 2.60. The number of thioether (sulfide) groups is 1. The van der Waals surface area contributed by atoms with Crippen LogP contribution in [0.5, 0.6) is 0 Å². The topological polar surface area (TPSA) is 33.2 Å². The molecule has 2 rings (SSSR count). The van der Waals surface area contributed by atoms with Crippen molar-refractivity contribution in [3.8, 4) is 0 Å². The molecule has 1 aliphatic rings. The highest BCUT2D eigenvalue weighted by Gasteiger charge is 2.22. The summed E-state index contributed by atoms with van der Waals surface area (Å²) >= 11 is 3.56. The van der Waals surface area contributed by atoms with Crippen LogP contribution in [0.3, 0.4) is 0 Å². The van der Waals surface area contributed by atoms with E-state index in [4.69, 9.17) is 0 Å². The lowest BCUT2D eigenvalue weighted by molar-refractivity contribution is 0.112. The number of aryl methyl sites for hydroxylation is 1. The number of carbonyl (C=O) groups excluding carboxylic acids is 1. The summed E-state index contributed by atoms with van der Waals surface area (Å²) in [6.07, 6.45) is 2.11. The average molecular weight is 256 g/mol. The van der Waals surface area contributed by atoms with Crippen LogP contribution in [-0.2, 0) is 0 Å². The number of nitrogens with zero attached hydrogens (tertiary/aromatic N) is 2. The monoisotopic (exact) mass is 256 g/mol. The van der Waals surface area contributed by atoms with E-state index in [1.54, 1.807) is 0 Å². The molecular weight excluding hydrogens is 240 g/mol. The average Bonchev–Trinajstić information content (AvgIpc) is 2.71. The van der Waals surface area contributed by atoms with Crippen molar-refractivity contribution >= 4 is 34.5 Å². The molecule has 5 heteroatoms. The summed E-state index contributed by atoms with van der Waals surface area (Å²) in [5.74, 6) is 1.16. The molecule has 1 aliphatic heterocycles. The van der Waals surface area contributed by atoms with Crippen molar-refractivity contribution in [2.24, 2.45) is 0 Å². The molecule has 1 aromatic rings. The van der Waals surface area contributed by atoms with Gasteiger partial charge < -0.3 is 4.90 Å². The van der Waals surface area contributed by atoms with E-state index in [2.05, 4.69) is 16.8 Å². The van der Waals surface area contributed by atoms with Gasteiger partial charge in [-0.1, -0.05) is 18.3 Å². The zero-order valence-corrected chi connectivity index (χ0v) is 11.2. The Kier molecular flexibility index (Phi) is 3.86. The number of aromatic nitrogens is 1. The van der Waals surface area contributed by atoms with Crippen LogP contribution in [0.15, 0.2) is 0 Å². The van der Waals surface area contributed by atoms with E-state index in [-0.39, 0.29) is 0 Å². The lowest BCUT2D eigenvalue weighted by atomic mass is 10.3. The summed E-state index contributed by atoms with van der Waals surface area (Å²) in [5.41, 5.74) is 0.862. The summed E-state index contributed by atoms with van der Waals surface area (Å²) < 4.78 is 0. The van der Waals surface area contributed by atoms with E-state index in [0.717, 1.165) is 40.8 Å². The number of carbonyl (C=O) groups is 1. The van der Waals surface area contributed by atoms with Gasteiger partial charge in [-0.15, -0.1) is 0 Å². The second kappa shape index (κ2) is 5.19. The van der Waals surface area contributed by atoms with Gasteiger partial charge in [0.1, 0.15) is 0 Å². The van der Waals surface area contributed by atoms with Gasteiger partial charge in [0.25, 0.3) is 0 Å². The molecule has 1 unspecified atom stereocenters. The molecule has 0 radical (unpaired) electrons. The molecule has 1 fully saturated rings. The Morgan fingerprint density at radius 2 is 2.44 bits per heavy atom. The van der Waals surface area contributed by atoms with Crippen LogP contribution in [0.25, 0.3) is 0 Å². The summed E-state index contributed by atoms with van der Waals surface area (Å²) in [6, 6.07) is 0. The smallest absolute Gasteiger partial charge is 0.186 e. The van der Waals surface area contributed by atoms with Crippen LogP contribution in [0.4, 0.5) is 5.13 Å². The van der Waals surface area contributed by atoms with Crippen molar-refractivity contribution in [2.75, 3.05) is 23.7 Å². The third kappa shape index (κ3) is 2.40. The van der Waals surface area contributed by atoms with E-state index in [0.29, 0.717) is 5.25 Å². The molecule has 16 heavy (non-hydrogen) atoms. The molecular formula is C11H16N2OS2. The minimum Gasteiger partial charge on any atom is -0.346 e. The van der Waals surface area contributed by atoms with E-state index < -0.39 is 0 Å². The minimum absolute atomic E-state index is 0.706. The van der Waals surface area contributed by atoms with Crippen molar-refractivity contribution in [1.29, 1.82) is 0 Å². The Labute approximate surface area is 104 Å².